The first-order chi connectivity index (χ1) is 6.83. The molecule has 0 fully saturated rings. The number of ether oxygens (including phenoxy) is 1. The number of rotatable bonds is 2. The van der Waals surface area contributed by atoms with Gasteiger partial charge in [-0.15, -0.1) is 13.2 Å². The van der Waals surface area contributed by atoms with Gasteiger partial charge in [-0.25, -0.2) is 4.98 Å². The summed E-state index contributed by atoms with van der Waals surface area (Å²) in [6.07, 6.45) is -4.76. The number of pyridine rings is 1. The number of nitrogen functional groups attached to an aromatic ring is 1. The molecule has 0 bridgehead atoms. The molecule has 8 heteroatoms. The van der Waals surface area contributed by atoms with Crippen LogP contribution in [0, 0.1) is 3.57 Å². The molecular weight excluding hydrogens is 326 g/mol. The van der Waals surface area contributed by atoms with E-state index in [0.29, 0.717) is 0 Å². The molecule has 0 saturated carbocycles. The van der Waals surface area contributed by atoms with Gasteiger partial charge in [0.15, 0.2) is 5.75 Å². The van der Waals surface area contributed by atoms with Gasteiger partial charge in [-0.05, 0) is 28.7 Å². The molecule has 0 saturated heterocycles. The zero-order chi connectivity index (χ0) is 11.6. The van der Waals surface area contributed by atoms with Crippen LogP contribution >= 0.6 is 22.6 Å². The van der Waals surface area contributed by atoms with Gasteiger partial charge >= 0.3 is 6.36 Å². The molecule has 84 valence electrons. The van der Waals surface area contributed by atoms with Crippen LogP contribution < -0.4 is 16.2 Å². The highest BCUT2D eigenvalue weighted by atomic mass is 127. The highest BCUT2D eigenvalue weighted by molar-refractivity contribution is 14.1. The first-order valence-electron chi connectivity index (χ1n) is 3.74. The fraction of sp³-hybridized carbons (Fsp3) is 0.286. The van der Waals surface area contributed by atoms with E-state index >= 15 is 0 Å². The van der Waals surface area contributed by atoms with Crippen molar-refractivity contribution in [2.75, 3.05) is 5.73 Å². The quantitative estimate of drug-likeness (QED) is 0.807. The number of nitrogens with two attached hydrogens (primary N) is 2. The van der Waals surface area contributed by atoms with Gasteiger partial charge in [-0.2, -0.15) is 0 Å². The number of halogens is 4. The van der Waals surface area contributed by atoms with E-state index in [-0.39, 0.29) is 27.4 Å². The normalized spacial score (nSPS) is 11.5. The first-order valence-corrected chi connectivity index (χ1v) is 4.82. The highest BCUT2D eigenvalue weighted by Crippen LogP contribution is 2.31. The molecular formula is C7H7F3IN3O. The largest absolute Gasteiger partial charge is 0.573 e. The van der Waals surface area contributed by atoms with Crippen molar-refractivity contribution in [3.63, 3.8) is 0 Å². The fourth-order valence-electron chi connectivity index (χ4n) is 0.934. The predicted octanol–water partition coefficient (Wildman–Crippen LogP) is 1.63. The number of alkyl halides is 3. The van der Waals surface area contributed by atoms with E-state index in [0.717, 1.165) is 0 Å². The fourth-order valence-corrected chi connectivity index (χ4v) is 1.67. The maximum atomic E-state index is 12.0. The Bertz CT molecular complexity index is 369. The van der Waals surface area contributed by atoms with E-state index in [2.05, 4.69) is 9.72 Å². The molecule has 0 aliphatic carbocycles. The summed E-state index contributed by atoms with van der Waals surface area (Å²) < 4.78 is 40.1. The second kappa shape index (κ2) is 4.39. The molecule has 1 heterocycles. The summed E-state index contributed by atoms with van der Waals surface area (Å²) in [4.78, 5) is 3.66. The van der Waals surface area contributed by atoms with Crippen LogP contribution in [0.1, 0.15) is 5.69 Å². The van der Waals surface area contributed by atoms with Crippen molar-refractivity contribution in [2.24, 2.45) is 5.73 Å². The van der Waals surface area contributed by atoms with Gasteiger partial charge in [-0.1, -0.05) is 0 Å². The smallest absolute Gasteiger partial charge is 0.403 e. The second-order valence-electron chi connectivity index (χ2n) is 2.56. The maximum absolute atomic E-state index is 12.0. The Kier molecular flexibility index (Phi) is 3.60. The van der Waals surface area contributed by atoms with Crippen LogP contribution in [0.2, 0.25) is 0 Å². The van der Waals surface area contributed by atoms with Crippen LogP contribution in [0.3, 0.4) is 0 Å². The molecule has 0 amide bonds. The summed E-state index contributed by atoms with van der Waals surface area (Å²) in [6.45, 7) is -0.174. The van der Waals surface area contributed by atoms with Crippen molar-refractivity contribution >= 4 is 28.4 Å². The van der Waals surface area contributed by atoms with Crippen molar-refractivity contribution in [1.82, 2.24) is 4.98 Å². The average molecular weight is 333 g/mol. The number of hydrogen-bond acceptors (Lipinski definition) is 4. The summed E-state index contributed by atoms with van der Waals surface area (Å²) >= 11 is 1.67. The zero-order valence-electron chi connectivity index (χ0n) is 7.31. The third kappa shape index (κ3) is 3.38. The molecule has 1 aromatic rings. The van der Waals surface area contributed by atoms with Crippen molar-refractivity contribution in [2.45, 2.75) is 12.9 Å². The molecule has 0 radical (unpaired) electrons. The van der Waals surface area contributed by atoms with Crippen LogP contribution in [-0.2, 0) is 6.54 Å². The minimum atomic E-state index is -4.76. The SMILES string of the molecule is NCc1nc(N)cc(I)c1OC(F)(F)F. The monoisotopic (exact) mass is 333 g/mol. The van der Waals surface area contributed by atoms with Crippen molar-refractivity contribution in [3.05, 3.63) is 15.3 Å². The van der Waals surface area contributed by atoms with E-state index in [1.54, 1.807) is 22.6 Å². The van der Waals surface area contributed by atoms with Gasteiger partial charge < -0.3 is 16.2 Å². The topological polar surface area (TPSA) is 74.2 Å². The number of aromatic nitrogens is 1. The van der Waals surface area contributed by atoms with Gasteiger partial charge in [0.05, 0.1) is 9.26 Å². The molecule has 4 N–H and O–H groups in total. The maximum Gasteiger partial charge on any atom is 0.573 e. The van der Waals surface area contributed by atoms with Crippen molar-refractivity contribution in [3.8, 4) is 5.75 Å². The van der Waals surface area contributed by atoms with E-state index in [9.17, 15) is 13.2 Å². The predicted molar refractivity (Wildman–Crippen MR) is 55.9 cm³/mol. The van der Waals surface area contributed by atoms with Gasteiger partial charge in [0.25, 0.3) is 0 Å². The van der Waals surface area contributed by atoms with Gasteiger partial charge in [-0.3, -0.25) is 0 Å². The van der Waals surface area contributed by atoms with Crippen LogP contribution in [0.25, 0.3) is 0 Å². The molecule has 1 rings (SSSR count). The number of nitrogens with zero attached hydrogens (tertiary/aromatic N) is 1. The molecule has 0 unspecified atom stereocenters. The standard InChI is InChI=1S/C7H7F3IN3O/c8-7(9,10)15-6-3(11)1-5(13)14-4(6)2-12/h1H,2,12H2,(H2,13,14). The number of hydrogen-bond donors (Lipinski definition) is 2. The molecule has 0 aromatic carbocycles. The third-order valence-corrected chi connectivity index (χ3v) is 2.23. The molecule has 0 aliphatic heterocycles. The second-order valence-corrected chi connectivity index (χ2v) is 3.72. The van der Waals surface area contributed by atoms with Gasteiger partial charge in [0.1, 0.15) is 5.82 Å². The summed E-state index contributed by atoms with van der Waals surface area (Å²) in [7, 11) is 0. The van der Waals surface area contributed by atoms with E-state index in [1.807, 2.05) is 0 Å². The van der Waals surface area contributed by atoms with Crippen LogP contribution in [0.5, 0.6) is 5.75 Å². The number of anilines is 1. The Morgan fingerprint density at radius 2 is 2.07 bits per heavy atom. The Morgan fingerprint density at radius 1 is 1.47 bits per heavy atom. The van der Waals surface area contributed by atoms with E-state index in [4.69, 9.17) is 11.5 Å². The van der Waals surface area contributed by atoms with Crippen molar-refractivity contribution in [1.29, 1.82) is 0 Å². The Labute approximate surface area is 96.9 Å². The Balaban J connectivity index is 3.15. The lowest BCUT2D eigenvalue weighted by Crippen LogP contribution is -2.20. The summed E-state index contributed by atoms with van der Waals surface area (Å²) in [5, 5.41) is 0. The van der Waals surface area contributed by atoms with E-state index < -0.39 is 6.36 Å². The van der Waals surface area contributed by atoms with E-state index in [1.165, 1.54) is 6.07 Å². The van der Waals surface area contributed by atoms with Crippen LogP contribution in [-0.4, -0.2) is 11.3 Å². The summed E-state index contributed by atoms with van der Waals surface area (Å²) in [5.74, 6) is -0.283. The minimum absolute atomic E-state index is 0.0169. The molecule has 0 aliphatic rings. The Morgan fingerprint density at radius 3 is 2.53 bits per heavy atom. The molecule has 0 atom stereocenters. The zero-order valence-corrected chi connectivity index (χ0v) is 9.46. The molecule has 1 aromatic heterocycles. The Hall–Kier alpha value is -0.770. The molecule has 15 heavy (non-hydrogen) atoms. The van der Waals surface area contributed by atoms with Crippen LogP contribution in [0.15, 0.2) is 6.07 Å². The van der Waals surface area contributed by atoms with Gasteiger partial charge in [0, 0.05) is 6.54 Å². The van der Waals surface area contributed by atoms with Crippen molar-refractivity contribution < 1.29 is 17.9 Å². The lowest BCUT2D eigenvalue weighted by atomic mass is 10.3. The molecule has 0 spiro atoms. The average Bonchev–Trinajstić information content (AvgIpc) is 2.07. The lowest BCUT2D eigenvalue weighted by molar-refractivity contribution is -0.275. The highest BCUT2D eigenvalue weighted by Gasteiger charge is 2.33. The third-order valence-electron chi connectivity index (χ3n) is 1.43. The first kappa shape index (κ1) is 12.3. The lowest BCUT2D eigenvalue weighted by Gasteiger charge is -2.13. The van der Waals surface area contributed by atoms with Crippen LogP contribution in [0.4, 0.5) is 19.0 Å². The molecule has 4 nitrogen and oxygen atoms in total. The summed E-state index contributed by atoms with van der Waals surface area (Å²) in [6, 6.07) is 1.28. The minimum Gasteiger partial charge on any atom is -0.403 e. The summed E-state index contributed by atoms with van der Waals surface area (Å²) in [5.41, 5.74) is 10.6. The van der Waals surface area contributed by atoms with Gasteiger partial charge in [0.2, 0.25) is 0 Å².